The molecule has 0 fully saturated rings. The maximum absolute atomic E-state index is 9.37. The Kier molecular flexibility index (Phi) is 9.19. The van der Waals surface area contributed by atoms with Gasteiger partial charge in [-0.15, -0.1) is 13.2 Å². The molecular weight excluding hydrogens is 162 g/mol. The second-order valence-corrected chi connectivity index (χ2v) is 3.73. The lowest BCUT2D eigenvalue weighted by molar-refractivity contribution is 0.0666. The fourth-order valence-corrected chi connectivity index (χ4v) is 0.705. The second-order valence-electron chi connectivity index (χ2n) is 3.73. The molecule has 0 bridgehead atoms. The largest absolute Gasteiger partial charge is 0.390 e. The summed E-state index contributed by atoms with van der Waals surface area (Å²) in [5.41, 5.74) is 4.48. The SMILES string of the molecule is C=CCC(C)(O)CC=C.CC(C)N. The van der Waals surface area contributed by atoms with Crippen molar-refractivity contribution in [3.05, 3.63) is 25.3 Å². The summed E-state index contributed by atoms with van der Waals surface area (Å²) >= 11 is 0. The average molecular weight is 185 g/mol. The summed E-state index contributed by atoms with van der Waals surface area (Å²) in [7, 11) is 0. The molecule has 0 aliphatic heterocycles. The summed E-state index contributed by atoms with van der Waals surface area (Å²) in [5.74, 6) is 0. The van der Waals surface area contributed by atoms with Gasteiger partial charge >= 0.3 is 0 Å². The van der Waals surface area contributed by atoms with Crippen molar-refractivity contribution in [2.75, 3.05) is 0 Å². The number of aliphatic hydroxyl groups is 1. The summed E-state index contributed by atoms with van der Waals surface area (Å²) in [6.07, 6.45) is 4.67. The number of rotatable bonds is 4. The molecule has 0 saturated carbocycles. The van der Waals surface area contributed by atoms with E-state index in [1.807, 2.05) is 13.8 Å². The first-order valence-electron chi connectivity index (χ1n) is 4.55. The molecule has 0 unspecified atom stereocenters. The van der Waals surface area contributed by atoms with Crippen LogP contribution in [0.15, 0.2) is 25.3 Å². The van der Waals surface area contributed by atoms with Crippen molar-refractivity contribution in [1.29, 1.82) is 0 Å². The third kappa shape index (κ3) is 18.4. The molecular formula is C11H23NO. The summed E-state index contributed by atoms with van der Waals surface area (Å²) in [6, 6.07) is 0.333. The second kappa shape index (κ2) is 8.02. The van der Waals surface area contributed by atoms with Gasteiger partial charge in [0.05, 0.1) is 5.60 Å². The minimum absolute atomic E-state index is 0.333. The maximum atomic E-state index is 9.37. The zero-order valence-corrected chi connectivity index (χ0v) is 9.09. The Morgan fingerprint density at radius 2 is 1.54 bits per heavy atom. The van der Waals surface area contributed by atoms with Gasteiger partial charge in [-0.25, -0.2) is 0 Å². The molecule has 0 rings (SSSR count). The first-order chi connectivity index (χ1) is 5.85. The quantitative estimate of drug-likeness (QED) is 0.660. The van der Waals surface area contributed by atoms with Crippen LogP contribution in [0.1, 0.15) is 33.6 Å². The van der Waals surface area contributed by atoms with Crippen LogP contribution in [-0.2, 0) is 0 Å². The first kappa shape index (κ1) is 14.9. The zero-order chi connectivity index (χ0) is 10.9. The molecule has 2 heteroatoms. The highest BCUT2D eigenvalue weighted by Crippen LogP contribution is 2.14. The van der Waals surface area contributed by atoms with Crippen LogP contribution in [0.3, 0.4) is 0 Å². The zero-order valence-electron chi connectivity index (χ0n) is 9.09. The molecule has 78 valence electrons. The number of nitrogens with two attached hydrogens (primary N) is 1. The Morgan fingerprint density at radius 1 is 1.31 bits per heavy atom. The van der Waals surface area contributed by atoms with Gasteiger partial charge in [-0.2, -0.15) is 0 Å². The summed E-state index contributed by atoms with van der Waals surface area (Å²) in [4.78, 5) is 0. The molecule has 2 nitrogen and oxygen atoms in total. The van der Waals surface area contributed by atoms with Gasteiger partial charge in [0.2, 0.25) is 0 Å². The van der Waals surface area contributed by atoms with Crippen LogP contribution < -0.4 is 5.73 Å². The van der Waals surface area contributed by atoms with Gasteiger partial charge in [-0.1, -0.05) is 26.0 Å². The molecule has 0 aromatic carbocycles. The summed E-state index contributed by atoms with van der Waals surface area (Å²) in [6.45, 7) is 12.7. The van der Waals surface area contributed by atoms with Crippen LogP contribution in [0.4, 0.5) is 0 Å². The van der Waals surface area contributed by atoms with E-state index in [4.69, 9.17) is 5.73 Å². The molecule has 0 aliphatic rings. The van der Waals surface area contributed by atoms with E-state index in [-0.39, 0.29) is 0 Å². The predicted octanol–water partition coefficient (Wildman–Crippen LogP) is 2.24. The van der Waals surface area contributed by atoms with Gasteiger partial charge < -0.3 is 10.8 Å². The average Bonchev–Trinajstić information content (AvgIpc) is 1.84. The van der Waals surface area contributed by atoms with E-state index in [1.54, 1.807) is 19.1 Å². The molecule has 0 radical (unpaired) electrons. The van der Waals surface area contributed by atoms with E-state index in [2.05, 4.69) is 13.2 Å². The normalized spacial score (nSPS) is 10.3. The van der Waals surface area contributed by atoms with Crippen LogP contribution >= 0.6 is 0 Å². The highest BCUT2D eigenvalue weighted by Gasteiger charge is 2.14. The molecule has 0 spiro atoms. The van der Waals surface area contributed by atoms with E-state index in [0.29, 0.717) is 18.9 Å². The Balaban J connectivity index is 0. The smallest absolute Gasteiger partial charge is 0.0688 e. The molecule has 0 saturated heterocycles. The highest BCUT2D eigenvalue weighted by atomic mass is 16.3. The Labute approximate surface area is 82.1 Å². The topological polar surface area (TPSA) is 46.2 Å². The van der Waals surface area contributed by atoms with Crippen molar-refractivity contribution < 1.29 is 5.11 Å². The van der Waals surface area contributed by atoms with Gasteiger partial charge in [-0.3, -0.25) is 0 Å². The molecule has 0 aromatic heterocycles. The van der Waals surface area contributed by atoms with Crippen molar-refractivity contribution in [3.63, 3.8) is 0 Å². The number of hydrogen-bond donors (Lipinski definition) is 2. The Bertz CT molecular complexity index is 124. The molecule has 0 amide bonds. The fourth-order valence-electron chi connectivity index (χ4n) is 0.705. The molecule has 0 aliphatic carbocycles. The molecule has 3 N–H and O–H groups in total. The number of hydrogen-bond acceptors (Lipinski definition) is 2. The van der Waals surface area contributed by atoms with Crippen molar-refractivity contribution in [2.24, 2.45) is 5.73 Å². The van der Waals surface area contributed by atoms with Gasteiger partial charge in [0.1, 0.15) is 0 Å². The van der Waals surface area contributed by atoms with Crippen molar-refractivity contribution in [1.82, 2.24) is 0 Å². The molecule has 13 heavy (non-hydrogen) atoms. The van der Waals surface area contributed by atoms with Gasteiger partial charge in [-0.05, 0) is 25.8 Å². The minimum Gasteiger partial charge on any atom is -0.390 e. The van der Waals surface area contributed by atoms with Crippen molar-refractivity contribution in [3.8, 4) is 0 Å². The molecule has 0 aromatic rings. The minimum atomic E-state index is -0.635. The van der Waals surface area contributed by atoms with Crippen LogP contribution in [-0.4, -0.2) is 16.7 Å². The predicted molar refractivity (Wildman–Crippen MR) is 59.6 cm³/mol. The van der Waals surface area contributed by atoms with E-state index in [1.165, 1.54) is 0 Å². The van der Waals surface area contributed by atoms with E-state index < -0.39 is 5.60 Å². The lowest BCUT2D eigenvalue weighted by Crippen LogP contribution is -2.21. The standard InChI is InChI=1S/C8H14O.C3H9N/c1-4-6-8(3,9)7-5-2;1-3(2)4/h4-5,9H,1-2,6-7H2,3H3;3H,4H2,1-2H3. The maximum Gasteiger partial charge on any atom is 0.0688 e. The third-order valence-electron chi connectivity index (χ3n) is 1.17. The van der Waals surface area contributed by atoms with E-state index >= 15 is 0 Å². The Hall–Kier alpha value is -0.600. The molecule has 0 atom stereocenters. The Morgan fingerprint density at radius 3 is 1.69 bits per heavy atom. The lowest BCUT2D eigenvalue weighted by Gasteiger charge is -2.18. The fraction of sp³-hybridized carbons (Fsp3) is 0.636. The van der Waals surface area contributed by atoms with Crippen LogP contribution in [0, 0.1) is 0 Å². The third-order valence-corrected chi connectivity index (χ3v) is 1.17. The highest BCUT2D eigenvalue weighted by molar-refractivity contribution is 4.88. The summed E-state index contributed by atoms with van der Waals surface area (Å²) in [5, 5.41) is 9.37. The van der Waals surface area contributed by atoms with Crippen LogP contribution in [0.25, 0.3) is 0 Å². The van der Waals surface area contributed by atoms with Gasteiger partial charge in [0.25, 0.3) is 0 Å². The first-order valence-corrected chi connectivity index (χ1v) is 4.55. The van der Waals surface area contributed by atoms with Gasteiger partial charge in [0.15, 0.2) is 0 Å². The van der Waals surface area contributed by atoms with Crippen molar-refractivity contribution in [2.45, 2.75) is 45.3 Å². The lowest BCUT2D eigenvalue weighted by atomic mass is 9.99. The monoisotopic (exact) mass is 185 g/mol. The summed E-state index contributed by atoms with van der Waals surface area (Å²) < 4.78 is 0. The van der Waals surface area contributed by atoms with Crippen molar-refractivity contribution >= 4 is 0 Å². The van der Waals surface area contributed by atoms with Crippen LogP contribution in [0.5, 0.6) is 0 Å². The van der Waals surface area contributed by atoms with E-state index in [9.17, 15) is 5.11 Å². The van der Waals surface area contributed by atoms with E-state index in [0.717, 1.165) is 0 Å². The molecule has 0 heterocycles. The van der Waals surface area contributed by atoms with Crippen LogP contribution in [0.2, 0.25) is 0 Å². The van der Waals surface area contributed by atoms with Gasteiger partial charge in [0, 0.05) is 0 Å².